The molecule has 0 aromatic heterocycles. The Balaban J connectivity index is 1.61. The predicted molar refractivity (Wildman–Crippen MR) is 125 cm³/mol. The van der Waals surface area contributed by atoms with E-state index < -0.39 is 12.0 Å². The van der Waals surface area contributed by atoms with E-state index >= 15 is 0 Å². The first kappa shape index (κ1) is 23.1. The molecule has 0 saturated heterocycles. The molecular formula is C26H25FN2O5. The van der Waals surface area contributed by atoms with E-state index in [1.165, 1.54) is 20.3 Å². The van der Waals surface area contributed by atoms with Gasteiger partial charge < -0.3 is 24.4 Å². The lowest BCUT2D eigenvalue weighted by Gasteiger charge is -2.22. The number of carbonyl (C=O) groups excluding carboxylic acids is 2. The number of carbonyl (C=O) groups is 2. The van der Waals surface area contributed by atoms with Gasteiger partial charge in [-0.25, -0.2) is 4.39 Å². The second-order valence-electron chi connectivity index (χ2n) is 7.86. The number of hydrogen-bond donors (Lipinski definition) is 1. The summed E-state index contributed by atoms with van der Waals surface area (Å²) < 4.78 is 30.7. The minimum absolute atomic E-state index is 0.105. The average molecular weight is 464 g/mol. The Bertz CT molecular complexity index is 1210. The van der Waals surface area contributed by atoms with Crippen molar-refractivity contribution in [1.29, 1.82) is 0 Å². The van der Waals surface area contributed by atoms with Gasteiger partial charge in [0, 0.05) is 29.9 Å². The second kappa shape index (κ2) is 9.82. The first-order valence-corrected chi connectivity index (χ1v) is 10.8. The van der Waals surface area contributed by atoms with Crippen LogP contribution in [-0.4, -0.2) is 37.0 Å². The van der Waals surface area contributed by atoms with Gasteiger partial charge in [-0.2, -0.15) is 0 Å². The zero-order valence-electron chi connectivity index (χ0n) is 19.1. The van der Waals surface area contributed by atoms with E-state index in [9.17, 15) is 14.0 Å². The highest BCUT2D eigenvalue weighted by molar-refractivity contribution is 6.08. The molecule has 0 aliphatic carbocycles. The Morgan fingerprint density at radius 1 is 1.09 bits per heavy atom. The first-order valence-electron chi connectivity index (χ1n) is 10.8. The maximum absolute atomic E-state index is 14.2. The molecule has 3 aromatic rings. The fraction of sp³-hybridized carbons (Fsp3) is 0.231. The third-order valence-corrected chi connectivity index (χ3v) is 5.62. The molecule has 1 heterocycles. The molecular weight excluding hydrogens is 439 g/mol. The summed E-state index contributed by atoms with van der Waals surface area (Å²) in [6, 6.07) is 16.6. The van der Waals surface area contributed by atoms with E-state index in [4.69, 9.17) is 14.2 Å². The maximum atomic E-state index is 14.2. The minimum atomic E-state index is -0.730. The average Bonchev–Trinajstić information content (AvgIpc) is 2.95. The Hall–Kier alpha value is -4.07. The van der Waals surface area contributed by atoms with Crippen LogP contribution in [0.25, 0.3) is 0 Å². The first-order chi connectivity index (χ1) is 16.4. The van der Waals surface area contributed by atoms with Gasteiger partial charge >= 0.3 is 0 Å². The Labute approximate surface area is 197 Å². The number of nitrogens with zero attached hydrogens (tertiary/aromatic N) is 1. The van der Waals surface area contributed by atoms with E-state index in [2.05, 4.69) is 5.32 Å². The summed E-state index contributed by atoms with van der Waals surface area (Å²) in [4.78, 5) is 27.5. The number of nitrogens with one attached hydrogen (secondary N) is 1. The van der Waals surface area contributed by atoms with Gasteiger partial charge in [-0.1, -0.05) is 24.3 Å². The fourth-order valence-electron chi connectivity index (χ4n) is 3.91. The van der Waals surface area contributed by atoms with Crippen molar-refractivity contribution in [3.63, 3.8) is 0 Å². The molecule has 3 aromatic carbocycles. The highest BCUT2D eigenvalue weighted by Gasteiger charge is 2.29. The van der Waals surface area contributed by atoms with Crippen LogP contribution in [0.5, 0.6) is 17.2 Å². The molecule has 1 atom stereocenters. The molecule has 8 heteroatoms. The predicted octanol–water partition coefficient (Wildman–Crippen LogP) is 4.40. The van der Waals surface area contributed by atoms with Crippen LogP contribution in [0.4, 0.5) is 10.1 Å². The van der Waals surface area contributed by atoms with E-state index in [-0.39, 0.29) is 30.4 Å². The molecule has 0 unspecified atom stereocenters. The highest BCUT2D eigenvalue weighted by atomic mass is 19.1. The van der Waals surface area contributed by atoms with E-state index in [1.807, 2.05) is 0 Å². The SMILES string of the molecule is COc1cccc(OC)c1C(=O)Nc1ccc2c(c1)CN(Cc1ccccc1F)C(=O)[C@H](C)O2. The second-order valence-corrected chi connectivity index (χ2v) is 7.86. The topological polar surface area (TPSA) is 77.1 Å². The molecule has 1 N–H and O–H groups in total. The van der Waals surface area contributed by atoms with Crippen LogP contribution in [0.15, 0.2) is 60.7 Å². The highest BCUT2D eigenvalue weighted by Crippen LogP contribution is 2.32. The monoisotopic (exact) mass is 464 g/mol. The number of benzene rings is 3. The van der Waals surface area contributed by atoms with Crippen LogP contribution in [0.1, 0.15) is 28.4 Å². The lowest BCUT2D eigenvalue weighted by atomic mass is 10.1. The van der Waals surface area contributed by atoms with Crippen molar-refractivity contribution in [3.8, 4) is 17.2 Å². The summed E-state index contributed by atoms with van der Waals surface area (Å²) in [6.45, 7) is 1.97. The molecule has 34 heavy (non-hydrogen) atoms. The van der Waals surface area contributed by atoms with Gasteiger partial charge in [0.05, 0.1) is 14.2 Å². The van der Waals surface area contributed by atoms with Gasteiger partial charge in [-0.05, 0) is 43.3 Å². The number of fused-ring (bicyclic) bond motifs is 1. The van der Waals surface area contributed by atoms with Crippen molar-refractivity contribution >= 4 is 17.5 Å². The number of rotatable bonds is 6. The molecule has 0 spiro atoms. The van der Waals surface area contributed by atoms with Gasteiger partial charge in [-0.15, -0.1) is 0 Å². The number of methoxy groups -OCH3 is 2. The summed E-state index contributed by atoms with van der Waals surface area (Å²) in [7, 11) is 2.96. The molecule has 176 valence electrons. The molecule has 7 nitrogen and oxygen atoms in total. The molecule has 1 aliphatic rings. The van der Waals surface area contributed by atoms with E-state index in [0.717, 1.165) is 0 Å². The standard InChI is InChI=1S/C26H25FN2O5/c1-16-26(31)29(14-17-7-4-5-8-20(17)27)15-18-13-19(11-12-21(18)34-16)28-25(30)24-22(32-2)9-6-10-23(24)33-3/h4-13,16H,14-15H2,1-3H3,(H,28,30)/t16-/m0/s1. The van der Waals surface area contributed by atoms with E-state index in [0.29, 0.717) is 34.1 Å². The van der Waals surface area contributed by atoms with E-state index in [1.54, 1.807) is 66.4 Å². The largest absolute Gasteiger partial charge is 0.496 e. The molecule has 4 rings (SSSR count). The summed E-state index contributed by atoms with van der Waals surface area (Å²) >= 11 is 0. The van der Waals surface area contributed by atoms with Crippen molar-refractivity contribution < 1.29 is 28.2 Å². The number of hydrogen-bond acceptors (Lipinski definition) is 5. The molecule has 0 saturated carbocycles. The van der Waals surface area contributed by atoms with Gasteiger partial charge in [-0.3, -0.25) is 9.59 Å². The zero-order chi connectivity index (χ0) is 24.2. The van der Waals surface area contributed by atoms with Gasteiger partial charge in [0.15, 0.2) is 6.10 Å². The van der Waals surface area contributed by atoms with Crippen LogP contribution < -0.4 is 19.5 Å². The fourth-order valence-corrected chi connectivity index (χ4v) is 3.91. The lowest BCUT2D eigenvalue weighted by molar-refractivity contribution is -0.138. The van der Waals surface area contributed by atoms with Crippen molar-refractivity contribution in [2.24, 2.45) is 0 Å². The Kier molecular flexibility index (Phi) is 6.67. The number of amides is 2. The Morgan fingerprint density at radius 3 is 2.47 bits per heavy atom. The van der Waals surface area contributed by atoms with Crippen LogP contribution in [-0.2, 0) is 17.9 Å². The summed E-state index contributed by atoms with van der Waals surface area (Å²) in [5.41, 5.74) is 1.88. The van der Waals surface area contributed by atoms with Crippen molar-refractivity contribution in [2.45, 2.75) is 26.1 Å². The van der Waals surface area contributed by atoms with Crippen LogP contribution in [0.2, 0.25) is 0 Å². The van der Waals surface area contributed by atoms with Gasteiger partial charge in [0.1, 0.15) is 28.6 Å². The smallest absolute Gasteiger partial charge is 0.263 e. The maximum Gasteiger partial charge on any atom is 0.263 e. The summed E-state index contributed by atoms with van der Waals surface area (Å²) in [5.74, 6) is 0.265. The third-order valence-electron chi connectivity index (χ3n) is 5.62. The number of anilines is 1. The normalized spacial score (nSPS) is 15.1. The van der Waals surface area contributed by atoms with Crippen molar-refractivity contribution in [3.05, 3.63) is 83.2 Å². The lowest BCUT2D eigenvalue weighted by Crippen LogP contribution is -2.37. The van der Waals surface area contributed by atoms with Crippen molar-refractivity contribution in [2.75, 3.05) is 19.5 Å². The summed E-state index contributed by atoms with van der Waals surface area (Å²) in [6.07, 6.45) is -0.730. The molecule has 0 radical (unpaired) electrons. The zero-order valence-corrected chi connectivity index (χ0v) is 19.1. The van der Waals surface area contributed by atoms with Crippen molar-refractivity contribution in [1.82, 2.24) is 4.90 Å². The van der Waals surface area contributed by atoms with Crippen LogP contribution in [0.3, 0.4) is 0 Å². The molecule has 1 aliphatic heterocycles. The third kappa shape index (κ3) is 4.66. The number of halogens is 1. The van der Waals surface area contributed by atoms with Crippen LogP contribution in [0, 0.1) is 5.82 Å². The minimum Gasteiger partial charge on any atom is -0.496 e. The van der Waals surface area contributed by atoms with Gasteiger partial charge in [0.25, 0.3) is 11.8 Å². The van der Waals surface area contributed by atoms with Gasteiger partial charge in [0.2, 0.25) is 0 Å². The quantitative estimate of drug-likeness (QED) is 0.585. The molecule has 0 fully saturated rings. The molecule has 0 bridgehead atoms. The molecule has 2 amide bonds. The summed E-state index contributed by atoms with van der Waals surface area (Å²) in [5, 5.41) is 2.86. The number of ether oxygens (including phenoxy) is 3. The Morgan fingerprint density at radius 2 is 1.79 bits per heavy atom. The van der Waals surface area contributed by atoms with Crippen LogP contribution >= 0.6 is 0 Å².